The monoisotopic (exact) mass is 305 g/mol. The number of aliphatic carboxylic acids is 1. The zero-order chi connectivity index (χ0) is 15.6. The molecule has 0 radical (unpaired) electrons. The van der Waals surface area contributed by atoms with Crippen LogP contribution in [-0.2, 0) is 16.0 Å². The number of carbonyl (C=O) groups is 2. The number of nitrogens with one attached hydrogen (secondary N) is 1. The largest absolute Gasteiger partial charge is 0.480 e. The van der Waals surface area contributed by atoms with Gasteiger partial charge >= 0.3 is 5.97 Å². The number of amides is 1. The number of carboxylic acid groups (broad SMARTS) is 1. The van der Waals surface area contributed by atoms with Crippen molar-refractivity contribution in [3.63, 3.8) is 0 Å². The van der Waals surface area contributed by atoms with Gasteiger partial charge in [-0.15, -0.1) is 0 Å². The summed E-state index contributed by atoms with van der Waals surface area (Å²) in [6.07, 6.45) is 3.59. The normalized spacial score (nSPS) is 16.0. The minimum absolute atomic E-state index is 0.0921. The summed E-state index contributed by atoms with van der Waals surface area (Å²) in [5.41, 5.74) is -1.09. The van der Waals surface area contributed by atoms with Crippen LogP contribution in [0.15, 0.2) is 27.3 Å². The number of nitrogens with zero attached hydrogens (tertiary/aromatic N) is 2. The number of hydrogen-bond donors (Lipinski definition) is 2. The molecule has 8 heteroatoms. The number of rotatable bonds is 6. The van der Waals surface area contributed by atoms with Crippen LogP contribution in [-0.4, -0.2) is 32.7 Å². The Balaban J connectivity index is 1.54. The van der Waals surface area contributed by atoms with E-state index >= 15 is 0 Å². The second kappa shape index (κ2) is 5.63. The zero-order valence-electron chi connectivity index (χ0n) is 11.7. The molecular formula is C14H15N3O5. The van der Waals surface area contributed by atoms with Gasteiger partial charge in [0.1, 0.15) is 5.54 Å². The van der Waals surface area contributed by atoms with Gasteiger partial charge in [-0.05, 0) is 31.4 Å². The quantitative estimate of drug-likeness (QED) is 0.827. The first kappa shape index (κ1) is 14.3. The SMILES string of the molecule is O=C(CCc1nc(-c2ccco2)no1)NC1(C(=O)O)CCC1. The molecule has 116 valence electrons. The number of aromatic nitrogens is 2. The van der Waals surface area contributed by atoms with Gasteiger partial charge < -0.3 is 19.4 Å². The Labute approximate surface area is 125 Å². The lowest BCUT2D eigenvalue weighted by atomic mass is 9.76. The molecule has 1 amide bonds. The predicted molar refractivity (Wildman–Crippen MR) is 72.7 cm³/mol. The molecule has 2 aromatic rings. The summed E-state index contributed by atoms with van der Waals surface area (Å²) >= 11 is 0. The van der Waals surface area contributed by atoms with E-state index in [1.165, 1.54) is 6.26 Å². The minimum atomic E-state index is -1.09. The fourth-order valence-electron chi connectivity index (χ4n) is 2.33. The molecular weight excluding hydrogens is 290 g/mol. The van der Waals surface area contributed by atoms with Gasteiger partial charge in [0, 0.05) is 12.8 Å². The Morgan fingerprint density at radius 3 is 2.82 bits per heavy atom. The smallest absolute Gasteiger partial charge is 0.329 e. The van der Waals surface area contributed by atoms with Gasteiger partial charge in [0.25, 0.3) is 0 Å². The van der Waals surface area contributed by atoms with Gasteiger partial charge in [0.15, 0.2) is 5.76 Å². The summed E-state index contributed by atoms with van der Waals surface area (Å²) < 4.78 is 10.2. The number of carbonyl (C=O) groups excluding carboxylic acids is 1. The van der Waals surface area contributed by atoms with E-state index in [2.05, 4.69) is 15.5 Å². The maximum atomic E-state index is 11.9. The highest BCUT2D eigenvalue weighted by Crippen LogP contribution is 2.32. The van der Waals surface area contributed by atoms with E-state index < -0.39 is 11.5 Å². The van der Waals surface area contributed by atoms with E-state index in [0.29, 0.717) is 30.3 Å². The van der Waals surface area contributed by atoms with Crippen LogP contribution in [0.5, 0.6) is 0 Å². The molecule has 0 unspecified atom stereocenters. The molecule has 0 aliphatic heterocycles. The molecule has 8 nitrogen and oxygen atoms in total. The van der Waals surface area contributed by atoms with Crippen LogP contribution in [0.1, 0.15) is 31.6 Å². The maximum Gasteiger partial charge on any atom is 0.329 e. The fourth-order valence-corrected chi connectivity index (χ4v) is 2.33. The van der Waals surface area contributed by atoms with E-state index in [-0.39, 0.29) is 18.7 Å². The third-order valence-electron chi connectivity index (χ3n) is 3.77. The average molecular weight is 305 g/mol. The summed E-state index contributed by atoms with van der Waals surface area (Å²) in [4.78, 5) is 27.2. The lowest BCUT2D eigenvalue weighted by Gasteiger charge is -2.38. The first-order chi connectivity index (χ1) is 10.6. The van der Waals surface area contributed by atoms with Crippen LogP contribution < -0.4 is 5.32 Å². The molecule has 1 aliphatic carbocycles. The predicted octanol–water partition coefficient (Wildman–Crippen LogP) is 1.39. The summed E-state index contributed by atoms with van der Waals surface area (Å²) in [6, 6.07) is 3.41. The molecule has 1 aliphatic rings. The highest BCUT2D eigenvalue weighted by atomic mass is 16.5. The Morgan fingerprint density at radius 2 is 2.23 bits per heavy atom. The molecule has 0 bridgehead atoms. The molecule has 2 aromatic heterocycles. The van der Waals surface area contributed by atoms with Crippen molar-refractivity contribution in [1.82, 2.24) is 15.5 Å². The van der Waals surface area contributed by atoms with E-state index in [1.54, 1.807) is 12.1 Å². The zero-order valence-corrected chi connectivity index (χ0v) is 11.7. The van der Waals surface area contributed by atoms with Gasteiger partial charge in [-0.1, -0.05) is 5.16 Å². The third-order valence-corrected chi connectivity index (χ3v) is 3.77. The summed E-state index contributed by atoms with van der Waals surface area (Å²) in [7, 11) is 0. The summed E-state index contributed by atoms with van der Waals surface area (Å²) in [6.45, 7) is 0. The first-order valence-electron chi connectivity index (χ1n) is 7.00. The molecule has 22 heavy (non-hydrogen) atoms. The molecule has 1 fully saturated rings. The third kappa shape index (κ3) is 2.72. The fraction of sp³-hybridized carbons (Fsp3) is 0.429. The van der Waals surface area contributed by atoms with Crippen molar-refractivity contribution in [3.8, 4) is 11.6 Å². The molecule has 0 spiro atoms. The molecule has 2 heterocycles. The average Bonchev–Trinajstić information content (AvgIpc) is 3.10. The van der Waals surface area contributed by atoms with E-state index in [9.17, 15) is 9.59 Å². The van der Waals surface area contributed by atoms with Crippen LogP contribution in [0.3, 0.4) is 0 Å². The molecule has 0 aromatic carbocycles. The van der Waals surface area contributed by atoms with Gasteiger partial charge in [-0.25, -0.2) is 4.79 Å². The lowest BCUT2D eigenvalue weighted by Crippen LogP contribution is -2.59. The van der Waals surface area contributed by atoms with E-state index in [0.717, 1.165) is 6.42 Å². The van der Waals surface area contributed by atoms with Crippen LogP contribution >= 0.6 is 0 Å². The number of aryl methyl sites for hydroxylation is 1. The number of carboxylic acids is 1. The highest BCUT2D eigenvalue weighted by molar-refractivity contribution is 5.87. The molecule has 1 saturated carbocycles. The number of furan rings is 1. The van der Waals surface area contributed by atoms with Gasteiger partial charge in [-0.3, -0.25) is 4.79 Å². The molecule has 2 N–H and O–H groups in total. The van der Waals surface area contributed by atoms with Crippen molar-refractivity contribution in [2.45, 2.75) is 37.6 Å². The highest BCUT2D eigenvalue weighted by Gasteiger charge is 2.45. The van der Waals surface area contributed by atoms with Gasteiger partial charge in [-0.2, -0.15) is 4.98 Å². The van der Waals surface area contributed by atoms with E-state index in [1.807, 2.05) is 0 Å². The summed E-state index contributed by atoms with van der Waals surface area (Å²) in [5, 5.41) is 15.5. The van der Waals surface area contributed by atoms with Crippen LogP contribution in [0.4, 0.5) is 0 Å². The standard InChI is InChI=1S/C14H15N3O5/c18-10(16-14(13(19)20)6-2-7-14)4-5-11-15-12(17-22-11)9-3-1-8-21-9/h1,3,8H,2,4-7H2,(H,16,18)(H,19,20). The second-order valence-corrected chi connectivity index (χ2v) is 5.28. The Hall–Kier alpha value is -2.64. The van der Waals surface area contributed by atoms with Crippen molar-refractivity contribution in [1.29, 1.82) is 0 Å². The van der Waals surface area contributed by atoms with Crippen LogP contribution in [0.2, 0.25) is 0 Å². The topological polar surface area (TPSA) is 118 Å². The van der Waals surface area contributed by atoms with Crippen molar-refractivity contribution >= 4 is 11.9 Å². The Kier molecular flexibility index (Phi) is 3.66. The lowest BCUT2D eigenvalue weighted by molar-refractivity contribution is -0.151. The summed E-state index contributed by atoms with van der Waals surface area (Å²) in [5.74, 6) is -0.204. The van der Waals surface area contributed by atoms with Crippen LogP contribution in [0, 0.1) is 0 Å². The van der Waals surface area contributed by atoms with Crippen molar-refractivity contribution in [2.24, 2.45) is 0 Å². The van der Waals surface area contributed by atoms with Crippen LogP contribution in [0.25, 0.3) is 11.6 Å². The van der Waals surface area contributed by atoms with Crippen molar-refractivity contribution < 1.29 is 23.6 Å². The van der Waals surface area contributed by atoms with Crippen molar-refractivity contribution in [2.75, 3.05) is 0 Å². The molecule has 3 rings (SSSR count). The Morgan fingerprint density at radius 1 is 1.41 bits per heavy atom. The van der Waals surface area contributed by atoms with Gasteiger partial charge in [0.2, 0.25) is 17.6 Å². The number of hydrogen-bond acceptors (Lipinski definition) is 6. The van der Waals surface area contributed by atoms with Crippen molar-refractivity contribution in [3.05, 3.63) is 24.3 Å². The molecule has 0 atom stereocenters. The van der Waals surface area contributed by atoms with E-state index in [4.69, 9.17) is 14.0 Å². The first-order valence-corrected chi connectivity index (χ1v) is 7.00. The Bertz CT molecular complexity index is 672. The molecule has 0 saturated heterocycles. The minimum Gasteiger partial charge on any atom is -0.480 e. The van der Waals surface area contributed by atoms with Gasteiger partial charge in [0.05, 0.1) is 6.26 Å². The second-order valence-electron chi connectivity index (χ2n) is 5.28. The maximum absolute atomic E-state index is 11.9.